The maximum atomic E-state index is 5.75. The van der Waals surface area contributed by atoms with Gasteiger partial charge < -0.3 is 15.5 Å². The van der Waals surface area contributed by atoms with Crippen molar-refractivity contribution in [2.45, 2.75) is 31.9 Å². The SMILES string of the molecule is Cc1ccnc(Nc2nc3c(s2)COCC2NN=CC32C)n1. The largest absolute Gasteiger partial charge is 0.374 e. The number of nitrogens with one attached hydrogen (secondary N) is 2. The van der Waals surface area contributed by atoms with Crippen molar-refractivity contribution < 1.29 is 4.74 Å². The Hall–Kier alpha value is -2.06. The third-order valence-corrected chi connectivity index (χ3v) is 4.97. The van der Waals surface area contributed by atoms with Gasteiger partial charge in [-0.15, -0.1) is 0 Å². The number of aromatic nitrogens is 3. The van der Waals surface area contributed by atoms with Gasteiger partial charge in [0.15, 0.2) is 5.13 Å². The third kappa shape index (κ3) is 2.15. The number of anilines is 2. The summed E-state index contributed by atoms with van der Waals surface area (Å²) in [6.07, 6.45) is 3.66. The van der Waals surface area contributed by atoms with Crippen LogP contribution >= 0.6 is 11.3 Å². The van der Waals surface area contributed by atoms with Gasteiger partial charge in [0.05, 0.1) is 35.2 Å². The molecule has 0 spiro atoms. The van der Waals surface area contributed by atoms with Gasteiger partial charge in [-0.3, -0.25) is 0 Å². The van der Waals surface area contributed by atoms with E-state index in [1.807, 2.05) is 19.2 Å². The van der Waals surface area contributed by atoms with Gasteiger partial charge in [-0.05, 0) is 19.9 Å². The molecule has 2 unspecified atom stereocenters. The molecule has 4 heterocycles. The quantitative estimate of drug-likeness (QED) is 0.878. The van der Waals surface area contributed by atoms with Crippen molar-refractivity contribution in [1.82, 2.24) is 20.4 Å². The van der Waals surface area contributed by atoms with E-state index in [0.717, 1.165) is 21.4 Å². The lowest BCUT2D eigenvalue weighted by Gasteiger charge is -2.25. The predicted octanol–water partition coefficient (Wildman–Crippen LogP) is 1.73. The van der Waals surface area contributed by atoms with Gasteiger partial charge in [-0.1, -0.05) is 11.3 Å². The minimum Gasteiger partial charge on any atom is -0.374 e. The number of thiazole rings is 1. The summed E-state index contributed by atoms with van der Waals surface area (Å²) < 4.78 is 5.75. The van der Waals surface area contributed by atoms with Crippen LogP contribution in [0.2, 0.25) is 0 Å². The van der Waals surface area contributed by atoms with Crippen LogP contribution in [0, 0.1) is 6.92 Å². The van der Waals surface area contributed by atoms with Gasteiger partial charge in [0.1, 0.15) is 0 Å². The molecule has 0 bridgehead atoms. The Morgan fingerprint density at radius 1 is 1.45 bits per heavy atom. The molecule has 0 fully saturated rings. The Morgan fingerprint density at radius 2 is 2.36 bits per heavy atom. The zero-order valence-electron chi connectivity index (χ0n) is 12.3. The summed E-state index contributed by atoms with van der Waals surface area (Å²) in [4.78, 5) is 14.5. The van der Waals surface area contributed by atoms with Gasteiger partial charge in [-0.25, -0.2) is 15.0 Å². The van der Waals surface area contributed by atoms with Crippen molar-refractivity contribution >= 4 is 28.6 Å². The van der Waals surface area contributed by atoms with Crippen LogP contribution < -0.4 is 10.7 Å². The molecular weight excluding hydrogens is 300 g/mol. The molecular formula is C14H16N6OS. The smallest absolute Gasteiger partial charge is 0.229 e. The Bertz CT molecular complexity index is 745. The van der Waals surface area contributed by atoms with Crippen molar-refractivity contribution in [2.75, 3.05) is 11.9 Å². The third-order valence-electron chi connectivity index (χ3n) is 4.03. The number of fused-ring (bicyclic) bond motifs is 3. The summed E-state index contributed by atoms with van der Waals surface area (Å²) in [5.74, 6) is 0.560. The van der Waals surface area contributed by atoms with Crippen LogP contribution in [0.1, 0.15) is 23.2 Å². The Morgan fingerprint density at radius 3 is 3.23 bits per heavy atom. The molecule has 114 valence electrons. The maximum absolute atomic E-state index is 5.75. The molecule has 0 aromatic carbocycles. The van der Waals surface area contributed by atoms with E-state index in [0.29, 0.717) is 19.2 Å². The number of aryl methyl sites for hydroxylation is 1. The molecule has 0 saturated heterocycles. The molecule has 0 aliphatic carbocycles. The number of nitrogens with zero attached hydrogens (tertiary/aromatic N) is 4. The Balaban J connectivity index is 1.69. The maximum Gasteiger partial charge on any atom is 0.229 e. The van der Waals surface area contributed by atoms with E-state index in [9.17, 15) is 0 Å². The lowest BCUT2D eigenvalue weighted by molar-refractivity contribution is 0.102. The fourth-order valence-corrected chi connectivity index (χ4v) is 3.74. The van der Waals surface area contributed by atoms with Crippen molar-refractivity contribution in [1.29, 1.82) is 0 Å². The molecule has 2 aromatic rings. The molecule has 0 radical (unpaired) electrons. The van der Waals surface area contributed by atoms with E-state index < -0.39 is 0 Å². The topological polar surface area (TPSA) is 84.3 Å². The van der Waals surface area contributed by atoms with Gasteiger partial charge in [0, 0.05) is 18.1 Å². The van der Waals surface area contributed by atoms with E-state index >= 15 is 0 Å². The molecule has 22 heavy (non-hydrogen) atoms. The first-order valence-electron chi connectivity index (χ1n) is 7.09. The second-order valence-electron chi connectivity index (χ2n) is 5.68. The molecule has 2 aromatic heterocycles. The zero-order valence-corrected chi connectivity index (χ0v) is 13.1. The first-order valence-corrected chi connectivity index (χ1v) is 7.91. The Kier molecular flexibility index (Phi) is 3.08. The summed E-state index contributed by atoms with van der Waals surface area (Å²) in [6, 6.07) is 1.99. The summed E-state index contributed by atoms with van der Waals surface area (Å²) in [7, 11) is 0. The van der Waals surface area contributed by atoms with Crippen LogP contribution in [-0.2, 0) is 16.8 Å². The van der Waals surface area contributed by atoms with Crippen molar-refractivity contribution in [3.63, 3.8) is 0 Å². The van der Waals surface area contributed by atoms with Crippen molar-refractivity contribution in [3.8, 4) is 0 Å². The first kappa shape index (κ1) is 13.6. The van der Waals surface area contributed by atoms with E-state index in [4.69, 9.17) is 9.72 Å². The van der Waals surface area contributed by atoms with Crippen LogP contribution in [0.25, 0.3) is 0 Å². The highest BCUT2D eigenvalue weighted by molar-refractivity contribution is 7.15. The molecule has 8 heteroatoms. The van der Waals surface area contributed by atoms with E-state index in [1.54, 1.807) is 17.5 Å². The van der Waals surface area contributed by atoms with E-state index in [-0.39, 0.29) is 11.5 Å². The molecule has 2 aliphatic rings. The second kappa shape index (κ2) is 4.99. The average Bonchev–Trinajstić information content (AvgIpc) is 3.02. The van der Waals surface area contributed by atoms with Crippen molar-refractivity contribution in [3.05, 3.63) is 28.5 Å². The molecule has 7 nitrogen and oxygen atoms in total. The van der Waals surface area contributed by atoms with Crippen LogP contribution in [0.5, 0.6) is 0 Å². The van der Waals surface area contributed by atoms with Crippen LogP contribution in [0.4, 0.5) is 11.1 Å². The summed E-state index contributed by atoms with van der Waals surface area (Å²) in [5.41, 5.74) is 4.80. The standard InChI is InChI=1S/C14H16N6OS/c1-8-3-4-15-12(17-8)19-13-18-11-9(22-13)5-21-6-10-14(11,2)7-16-20-10/h3-4,7,10,20H,5-6H2,1-2H3,(H,15,17,18,19). The lowest BCUT2D eigenvalue weighted by atomic mass is 9.81. The van der Waals surface area contributed by atoms with Crippen LogP contribution in [0.3, 0.4) is 0 Å². The number of rotatable bonds is 2. The van der Waals surface area contributed by atoms with E-state index in [1.165, 1.54) is 0 Å². The highest BCUT2D eigenvalue weighted by Gasteiger charge is 2.44. The number of ether oxygens (including phenoxy) is 1. The average molecular weight is 316 g/mol. The molecule has 0 amide bonds. The fourth-order valence-electron chi connectivity index (χ4n) is 2.72. The molecule has 4 rings (SSSR count). The van der Waals surface area contributed by atoms with Gasteiger partial charge in [0.25, 0.3) is 0 Å². The van der Waals surface area contributed by atoms with Crippen LogP contribution in [0.15, 0.2) is 17.4 Å². The number of hydrazone groups is 1. The monoisotopic (exact) mass is 316 g/mol. The number of hydrogen-bond donors (Lipinski definition) is 2. The fraction of sp³-hybridized carbons (Fsp3) is 0.429. The Labute approximate surface area is 131 Å². The first-order chi connectivity index (χ1) is 10.6. The molecule has 2 atom stereocenters. The molecule has 0 saturated carbocycles. The summed E-state index contributed by atoms with van der Waals surface area (Å²) in [5, 5.41) is 8.17. The highest BCUT2D eigenvalue weighted by atomic mass is 32.1. The predicted molar refractivity (Wildman–Crippen MR) is 84.6 cm³/mol. The number of hydrogen-bond acceptors (Lipinski definition) is 8. The van der Waals surface area contributed by atoms with Gasteiger partial charge in [0.2, 0.25) is 5.95 Å². The minimum absolute atomic E-state index is 0.124. The minimum atomic E-state index is -0.240. The second-order valence-corrected chi connectivity index (χ2v) is 6.76. The summed E-state index contributed by atoms with van der Waals surface area (Å²) in [6.45, 7) is 5.28. The zero-order chi connectivity index (χ0) is 15.2. The highest BCUT2D eigenvalue weighted by Crippen LogP contribution is 2.38. The lowest BCUT2D eigenvalue weighted by Crippen LogP contribution is -2.43. The molecule has 2 N–H and O–H groups in total. The van der Waals surface area contributed by atoms with E-state index in [2.05, 4.69) is 32.7 Å². The van der Waals surface area contributed by atoms with Gasteiger partial charge in [-0.2, -0.15) is 5.10 Å². The van der Waals surface area contributed by atoms with Crippen LogP contribution in [-0.4, -0.2) is 33.8 Å². The van der Waals surface area contributed by atoms with Crippen molar-refractivity contribution in [2.24, 2.45) is 5.10 Å². The summed E-state index contributed by atoms with van der Waals surface area (Å²) >= 11 is 1.58. The molecule has 2 aliphatic heterocycles. The normalized spacial score (nSPS) is 26.0. The van der Waals surface area contributed by atoms with Gasteiger partial charge >= 0.3 is 0 Å².